The number of benzene rings is 2. The lowest BCUT2D eigenvalue weighted by molar-refractivity contribution is -0.113. The average Bonchev–Trinajstić information content (AvgIpc) is 3.22. The van der Waals surface area contributed by atoms with Crippen LogP contribution in [-0.4, -0.2) is 32.7 Å². The lowest BCUT2D eigenvalue weighted by Gasteiger charge is -2.21. The molecule has 4 rings (SSSR count). The summed E-state index contributed by atoms with van der Waals surface area (Å²) in [6, 6.07) is 16.4. The van der Waals surface area contributed by atoms with E-state index < -0.39 is 0 Å². The Balaban J connectivity index is 1.38. The van der Waals surface area contributed by atoms with E-state index in [0.717, 1.165) is 16.5 Å². The fourth-order valence-electron chi connectivity index (χ4n) is 3.18. The summed E-state index contributed by atoms with van der Waals surface area (Å²) in [6.45, 7) is 2.08. The van der Waals surface area contributed by atoms with Gasteiger partial charge in [0, 0.05) is 18.1 Å². The molecule has 4 nitrogen and oxygen atoms in total. The molecule has 0 spiro atoms. The maximum absolute atomic E-state index is 12.5. The van der Waals surface area contributed by atoms with E-state index in [9.17, 15) is 4.79 Å². The molecule has 2 heterocycles. The molecule has 2 aromatic carbocycles. The molecule has 1 aliphatic heterocycles. The lowest BCUT2D eigenvalue weighted by atomic mass is 10.2. The highest BCUT2D eigenvalue weighted by Gasteiger charge is 2.17. The first-order chi connectivity index (χ1) is 14.2. The van der Waals surface area contributed by atoms with Gasteiger partial charge in [0.15, 0.2) is 5.16 Å². The summed E-state index contributed by atoms with van der Waals surface area (Å²) in [5.41, 5.74) is 4.40. The number of carbonyl (C=O) groups is 1. The molecule has 0 saturated carbocycles. The Labute approximate surface area is 184 Å². The second-order valence-electron chi connectivity index (χ2n) is 6.76. The summed E-state index contributed by atoms with van der Waals surface area (Å²) in [6.07, 6.45) is 4.99. The quantitative estimate of drug-likeness (QED) is 0.491. The van der Waals surface area contributed by atoms with E-state index in [2.05, 4.69) is 41.5 Å². The predicted octanol–water partition coefficient (Wildman–Crippen LogP) is 5.78. The number of imidazole rings is 1. The molecule has 1 aliphatic rings. The largest absolute Gasteiger partial charge is 0.325 e. The fraction of sp³-hybridized carbons (Fsp3) is 0.273. The summed E-state index contributed by atoms with van der Waals surface area (Å²) >= 11 is 5.42. The molecule has 0 atom stereocenters. The first-order valence-corrected chi connectivity index (χ1v) is 12.6. The molecule has 7 heteroatoms. The highest BCUT2D eigenvalue weighted by atomic mass is 32.2. The first-order valence-electron chi connectivity index (χ1n) is 9.56. The molecule has 1 amide bonds. The van der Waals surface area contributed by atoms with Gasteiger partial charge >= 0.3 is 0 Å². The van der Waals surface area contributed by atoms with Gasteiger partial charge in [-0.3, -0.25) is 9.36 Å². The normalized spacial score (nSPS) is 14.7. The van der Waals surface area contributed by atoms with E-state index in [4.69, 9.17) is 0 Å². The minimum atomic E-state index is -0.0181. The van der Waals surface area contributed by atoms with E-state index in [-0.39, 0.29) is 5.91 Å². The van der Waals surface area contributed by atoms with Gasteiger partial charge < -0.3 is 5.32 Å². The minimum absolute atomic E-state index is 0.0181. The zero-order chi connectivity index (χ0) is 20.1. The molecule has 0 unspecified atom stereocenters. The van der Waals surface area contributed by atoms with Gasteiger partial charge in [0.1, 0.15) is 0 Å². The molecule has 1 aromatic heterocycles. The van der Waals surface area contributed by atoms with Crippen molar-refractivity contribution in [3.8, 4) is 5.69 Å². The van der Waals surface area contributed by atoms with E-state index in [1.807, 2.05) is 58.6 Å². The SMILES string of the molecule is Cc1ccccc1-n1ccnc1SCC(=O)Nc1cccc(C2SCCCS2)c1. The molecule has 29 heavy (non-hydrogen) atoms. The van der Waals surface area contributed by atoms with Gasteiger partial charge in [0.2, 0.25) is 5.91 Å². The number of nitrogens with zero attached hydrogens (tertiary/aromatic N) is 2. The van der Waals surface area contributed by atoms with Crippen LogP contribution in [0.3, 0.4) is 0 Å². The maximum atomic E-state index is 12.5. The summed E-state index contributed by atoms with van der Waals surface area (Å²) in [5, 5.41) is 3.86. The Morgan fingerprint density at radius 3 is 2.86 bits per heavy atom. The number of anilines is 1. The van der Waals surface area contributed by atoms with E-state index in [0.29, 0.717) is 10.3 Å². The number of hydrogen-bond acceptors (Lipinski definition) is 5. The van der Waals surface area contributed by atoms with Crippen LogP contribution in [0, 0.1) is 6.92 Å². The van der Waals surface area contributed by atoms with Crippen LogP contribution in [0.1, 0.15) is 22.1 Å². The van der Waals surface area contributed by atoms with Crippen LogP contribution >= 0.6 is 35.3 Å². The second-order valence-corrected chi connectivity index (χ2v) is 10.4. The Hall–Kier alpha value is -1.83. The summed E-state index contributed by atoms with van der Waals surface area (Å²) < 4.78 is 2.50. The van der Waals surface area contributed by atoms with Gasteiger partial charge in [0.25, 0.3) is 0 Å². The molecule has 1 saturated heterocycles. The van der Waals surface area contributed by atoms with Crippen LogP contribution in [0.15, 0.2) is 66.1 Å². The Morgan fingerprint density at radius 1 is 1.21 bits per heavy atom. The third-order valence-corrected chi connectivity index (χ3v) is 8.57. The van der Waals surface area contributed by atoms with Crippen molar-refractivity contribution in [2.24, 2.45) is 0 Å². The van der Waals surface area contributed by atoms with Crippen molar-refractivity contribution >= 4 is 46.9 Å². The summed E-state index contributed by atoms with van der Waals surface area (Å²) in [4.78, 5) is 17.0. The van der Waals surface area contributed by atoms with Crippen molar-refractivity contribution in [2.45, 2.75) is 23.1 Å². The molecular formula is C22H23N3OS3. The zero-order valence-electron chi connectivity index (χ0n) is 16.2. The lowest BCUT2D eigenvalue weighted by Crippen LogP contribution is -2.15. The van der Waals surface area contributed by atoms with Crippen molar-refractivity contribution in [3.63, 3.8) is 0 Å². The maximum Gasteiger partial charge on any atom is 0.234 e. The third-order valence-electron chi connectivity index (χ3n) is 4.58. The van der Waals surface area contributed by atoms with Gasteiger partial charge in [-0.15, -0.1) is 23.5 Å². The van der Waals surface area contributed by atoms with E-state index in [1.54, 1.807) is 6.20 Å². The van der Waals surface area contributed by atoms with Gasteiger partial charge in [0.05, 0.1) is 16.0 Å². The van der Waals surface area contributed by atoms with Crippen molar-refractivity contribution in [1.29, 1.82) is 0 Å². The molecule has 0 radical (unpaired) electrons. The topological polar surface area (TPSA) is 46.9 Å². The molecule has 1 N–H and O–H groups in total. The van der Waals surface area contributed by atoms with Crippen LogP contribution in [0.4, 0.5) is 5.69 Å². The number of hydrogen-bond donors (Lipinski definition) is 1. The van der Waals surface area contributed by atoms with Crippen molar-refractivity contribution in [1.82, 2.24) is 9.55 Å². The second kappa shape index (κ2) is 9.78. The highest BCUT2D eigenvalue weighted by Crippen LogP contribution is 2.44. The molecule has 0 aliphatic carbocycles. The highest BCUT2D eigenvalue weighted by molar-refractivity contribution is 8.16. The molecule has 3 aromatic rings. The van der Waals surface area contributed by atoms with Crippen LogP contribution < -0.4 is 5.32 Å². The van der Waals surface area contributed by atoms with Crippen molar-refractivity contribution < 1.29 is 4.79 Å². The fourth-order valence-corrected chi connectivity index (χ4v) is 6.82. The number of para-hydroxylation sites is 1. The van der Waals surface area contributed by atoms with Crippen molar-refractivity contribution in [3.05, 3.63) is 72.1 Å². The number of aromatic nitrogens is 2. The Kier molecular flexibility index (Phi) is 6.90. The first kappa shape index (κ1) is 20.4. The third kappa shape index (κ3) is 5.21. The zero-order valence-corrected chi connectivity index (χ0v) is 18.7. The average molecular weight is 442 g/mol. The molecule has 0 bridgehead atoms. The number of thioether (sulfide) groups is 3. The van der Waals surface area contributed by atoms with Gasteiger partial charge in [-0.2, -0.15) is 0 Å². The summed E-state index contributed by atoms with van der Waals surface area (Å²) in [7, 11) is 0. The van der Waals surface area contributed by atoms with E-state index in [1.165, 1.54) is 40.8 Å². The molecular weight excluding hydrogens is 418 g/mol. The predicted molar refractivity (Wildman–Crippen MR) is 126 cm³/mol. The Bertz CT molecular complexity index is 983. The number of carbonyl (C=O) groups excluding carboxylic acids is 1. The van der Waals surface area contributed by atoms with Crippen molar-refractivity contribution in [2.75, 3.05) is 22.6 Å². The Morgan fingerprint density at radius 2 is 2.03 bits per heavy atom. The van der Waals surface area contributed by atoms with Crippen LogP contribution in [0.2, 0.25) is 0 Å². The number of rotatable bonds is 6. The molecule has 1 fully saturated rings. The van der Waals surface area contributed by atoms with Crippen LogP contribution in [0.5, 0.6) is 0 Å². The standard InChI is InChI=1S/C22H23N3OS3/c1-16-6-2-3-9-19(16)25-11-10-23-22(25)29-15-20(26)24-18-8-4-7-17(14-18)21-27-12-5-13-28-21/h2-4,6-11,14,21H,5,12-13,15H2,1H3,(H,24,26). The van der Waals surface area contributed by atoms with Gasteiger partial charge in [-0.25, -0.2) is 4.98 Å². The smallest absolute Gasteiger partial charge is 0.234 e. The monoisotopic (exact) mass is 441 g/mol. The van der Waals surface area contributed by atoms with E-state index >= 15 is 0 Å². The number of amides is 1. The van der Waals surface area contributed by atoms with Crippen LogP contribution in [-0.2, 0) is 4.79 Å². The minimum Gasteiger partial charge on any atom is -0.325 e. The van der Waals surface area contributed by atoms with Crippen LogP contribution in [0.25, 0.3) is 5.69 Å². The summed E-state index contributed by atoms with van der Waals surface area (Å²) in [5.74, 6) is 2.71. The molecule has 150 valence electrons. The number of nitrogens with one attached hydrogen (secondary N) is 1. The van der Waals surface area contributed by atoms with Gasteiger partial charge in [-0.05, 0) is 54.2 Å². The van der Waals surface area contributed by atoms with Gasteiger partial charge in [-0.1, -0.05) is 42.1 Å². The number of aryl methyl sites for hydroxylation is 1.